The molecule has 0 spiro atoms. The number of hydrogen-bond acceptors (Lipinski definition) is 5. The van der Waals surface area contributed by atoms with Gasteiger partial charge in [0.2, 0.25) is 5.78 Å². The van der Waals surface area contributed by atoms with Gasteiger partial charge in [0.05, 0.1) is 16.3 Å². The van der Waals surface area contributed by atoms with Crippen molar-refractivity contribution in [2.24, 2.45) is 0 Å². The fourth-order valence-electron chi connectivity index (χ4n) is 2.54. The molecule has 3 aromatic rings. The first-order valence-corrected chi connectivity index (χ1v) is 8.49. The lowest BCUT2D eigenvalue weighted by Crippen LogP contribution is -2.17. The number of halogens is 3. The number of aryl methyl sites for hydroxylation is 2. The number of pyridine rings is 1. The van der Waals surface area contributed by atoms with Crippen molar-refractivity contribution < 1.29 is 23.1 Å². The van der Waals surface area contributed by atoms with Gasteiger partial charge in [-0.1, -0.05) is 11.6 Å². The Morgan fingerprint density at radius 2 is 1.89 bits per heavy atom. The van der Waals surface area contributed by atoms with E-state index < -0.39 is 35.6 Å². The number of benzene rings is 1. The van der Waals surface area contributed by atoms with E-state index in [0.29, 0.717) is 5.82 Å². The van der Waals surface area contributed by atoms with Crippen molar-refractivity contribution >= 4 is 23.4 Å². The second kappa shape index (κ2) is 7.85. The van der Waals surface area contributed by atoms with Gasteiger partial charge in [-0.05, 0) is 50.2 Å². The second-order valence-electron chi connectivity index (χ2n) is 5.96. The maximum absolute atomic E-state index is 13.6. The van der Waals surface area contributed by atoms with Crippen molar-refractivity contribution in [3.8, 4) is 5.82 Å². The quantitative estimate of drug-likeness (QED) is 0.476. The molecule has 0 N–H and O–H groups in total. The van der Waals surface area contributed by atoms with Crippen LogP contribution in [0.5, 0.6) is 0 Å². The van der Waals surface area contributed by atoms with Crippen molar-refractivity contribution in [2.75, 3.05) is 6.61 Å². The molecule has 0 radical (unpaired) electrons. The van der Waals surface area contributed by atoms with Crippen LogP contribution >= 0.6 is 11.6 Å². The Kier molecular flexibility index (Phi) is 5.51. The van der Waals surface area contributed by atoms with E-state index in [1.54, 1.807) is 6.07 Å². The first-order chi connectivity index (χ1) is 13.3. The molecule has 2 heterocycles. The largest absolute Gasteiger partial charge is 0.453 e. The predicted molar refractivity (Wildman–Crippen MR) is 96.8 cm³/mol. The van der Waals surface area contributed by atoms with Gasteiger partial charge in [-0.2, -0.15) is 5.10 Å². The summed E-state index contributed by atoms with van der Waals surface area (Å²) >= 11 is 6.01. The zero-order chi connectivity index (χ0) is 20.4. The van der Waals surface area contributed by atoms with Crippen LogP contribution in [0.4, 0.5) is 8.78 Å². The Balaban J connectivity index is 1.79. The van der Waals surface area contributed by atoms with Gasteiger partial charge >= 0.3 is 5.97 Å². The number of carbonyl (C=O) groups is 2. The van der Waals surface area contributed by atoms with E-state index in [-0.39, 0.29) is 10.7 Å². The van der Waals surface area contributed by atoms with Crippen LogP contribution in [0.25, 0.3) is 5.82 Å². The maximum Gasteiger partial charge on any atom is 0.359 e. The summed E-state index contributed by atoms with van der Waals surface area (Å²) in [4.78, 5) is 28.5. The zero-order valence-electron chi connectivity index (χ0n) is 14.9. The highest BCUT2D eigenvalue weighted by atomic mass is 35.5. The van der Waals surface area contributed by atoms with Crippen LogP contribution in [0.1, 0.15) is 32.2 Å². The van der Waals surface area contributed by atoms with E-state index in [9.17, 15) is 18.4 Å². The number of ether oxygens (including phenoxy) is 1. The third-order valence-corrected chi connectivity index (χ3v) is 4.12. The zero-order valence-corrected chi connectivity index (χ0v) is 15.6. The maximum atomic E-state index is 13.6. The van der Waals surface area contributed by atoms with Crippen LogP contribution in [0.15, 0.2) is 36.4 Å². The van der Waals surface area contributed by atoms with E-state index in [1.807, 2.05) is 19.9 Å². The number of carbonyl (C=O) groups excluding carboxylic acids is 2. The number of rotatable bonds is 5. The van der Waals surface area contributed by atoms with Crippen LogP contribution in [0, 0.1) is 25.5 Å². The molecule has 0 aliphatic carbocycles. The van der Waals surface area contributed by atoms with Crippen LogP contribution in [0.2, 0.25) is 5.02 Å². The molecule has 0 saturated heterocycles. The number of esters is 1. The summed E-state index contributed by atoms with van der Waals surface area (Å²) in [5, 5.41) is 4.28. The molecule has 0 unspecified atom stereocenters. The van der Waals surface area contributed by atoms with Crippen molar-refractivity contribution in [1.29, 1.82) is 0 Å². The van der Waals surface area contributed by atoms with Gasteiger partial charge in [0.15, 0.2) is 18.1 Å². The molecular formula is C19H14ClF2N3O3. The number of aromatic nitrogens is 3. The summed E-state index contributed by atoms with van der Waals surface area (Å²) in [6.07, 6.45) is 0. The Bertz CT molecular complexity index is 1080. The molecule has 1 aromatic carbocycles. The van der Waals surface area contributed by atoms with Crippen LogP contribution < -0.4 is 0 Å². The molecular weight excluding hydrogens is 392 g/mol. The van der Waals surface area contributed by atoms with E-state index in [2.05, 4.69) is 10.1 Å². The monoisotopic (exact) mass is 405 g/mol. The number of nitrogens with zero attached hydrogens (tertiary/aromatic N) is 3. The second-order valence-corrected chi connectivity index (χ2v) is 6.37. The fourth-order valence-corrected chi connectivity index (χ4v) is 2.72. The predicted octanol–water partition coefficient (Wildman–Crippen LogP) is 3.86. The highest BCUT2D eigenvalue weighted by Crippen LogP contribution is 2.19. The third kappa shape index (κ3) is 4.07. The Labute approximate surface area is 163 Å². The summed E-state index contributed by atoms with van der Waals surface area (Å²) < 4.78 is 33.3. The molecule has 9 heteroatoms. The lowest BCUT2D eigenvalue weighted by Gasteiger charge is -2.09. The number of ketones is 1. The van der Waals surface area contributed by atoms with E-state index in [4.69, 9.17) is 16.3 Å². The summed E-state index contributed by atoms with van der Waals surface area (Å²) in [7, 11) is 0. The molecule has 0 aliphatic rings. The van der Waals surface area contributed by atoms with Crippen LogP contribution in [-0.4, -0.2) is 33.1 Å². The standard InChI is InChI=1S/C19H14ClF2N3O3/c1-10-7-11(2)25(24-10)17-6-4-14(20)18(23-17)19(27)28-9-16(26)13-8-12(21)3-5-15(13)22/h3-8H,9H2,1-2H3. The lowest BCUT2D eigenvalue weighted by molar-refractivity contribution is 0.0468. The van der Waals surface area contributed by atoms with Crippen molar-refractivity contribution in [3.63, 3.8) is 0 Å². The fraction of sp³-hybridized carbons (Fsp3) is 0.158. The van der Waals surface area contributed by atoms with Crippen molar-refractivity contribution in [2.45, 2.75) is 13.8 Å². The number of hydrogen-bond donors (Lipinski definition) is 0. The van der Waals surface area contributed by atoms with Gasteiger partial charge in [0.1, 0.15) is 11.6 Å². The molecule has 2 aromatic heterocycles. The summed E-state index contributed by atoms with van der Waals surface area (Å²) in [6.45, 7) is 2.84. The molecule has 3 rings (SSSR count). The smallest absolute Gasteiger partial charge is 0.359 e. The lowest BCUT2D eigenvalue weighted by atomic mass is 10.1. The molecule has 0 aliphatic heterocycles. The van der Waals surface area contributed by atoms with Crippen molar-refractivity contribution in [3.05, 3.63) is 75.7 Å². The van der Waals surface area contributed by atoms with Gasteiger partial charge in [-0.25, -0.2) is 23.2 Å². The minimum atomic E-state index is -0.974. The molecule has 28 heavy (non-hydrogen) atoms. The van der Waals surface area contributed by atoms with E-state index in [0.717, 1.165) is 29.6 Å². The molecule has 144 valence electrons. The van der Waals surface area contributed by atoms with Crippen molar-refractivity contribution in [1.82, 2.24) is 14.8 Å². The van der Waals surface area contributed by atoms with Gasteiger partial charge in [-0.15, -0.1) is 0 Å². The van der Waals surface area contributed by atoms with Gasteiger partial charge in [0, 0.05) is 5.69 Å². The average Bonchev–Trinajstić information content (AvgIpc) is 3.00. The van der Waals surface area contributed by atoms with Gasteiger partial charge in [0.25, 0.3) is 0 Å². The first kappa shape index (κ1) is 19.6. The topological polar surface area (TPSA) is 74.1 Å². The molecule has 6 nitrogen and oxygen atoms in total. The molecule has 0 bridgehead atoms. The molecule has 0 atom stereocenters. The van der Waals surface area contributed by atoms with Crippen LogP contribution in [-0.2, 0) is 4.74 Å². The molecule has 0 amide bonds. The van der Waals surface area contributed by atoms with E-state index in [1.165, 1.54) is 10.7 Å². The van der Waals surface area contributed by atoms with Crippen LogP contribution in [0.3, 0.4) is 0 Å². The summed E-state index contributed by atoms with van der Waals surface area (Å²) in [5.41, 5.74) is 0.826. The minimum absolute atomic E-state index is 0.0136. The van der Waals surface area contributed by atoms with Gasteiger partial charge < -0.3 is 4.74 Å². The summed E-state index contributed by atoms with van der Waals surface area (Å²) in [6, 6.07) is 7.30. The normalized spacial score (nSPS) is 10.8. The summed E-state index contributed by atoms with van der Waals surface area (Å²) in [5.74, 6) is -3.22. The molecule has 0 fully saturated rings. The Morgan fingerprint density at radius 3 is 2.57 bits per heavy atom. The van der Waals surface area contributed by atoms with Gasteiger partial charge in [-0.3, -0.25) is 4.79 Å². The SMILES string of the molecule is Cc1cc(C)n(-c2ccc(Cl)c(C(=O)OCC(=O)c3cc(F)ccc3F)n2)n1. The van der Waals surface area contributed by atoms with E-state index >= 15 is 0 Å². The highest BCUT2D eigenvalue weighted by Gasteiger charge is 2.20. The Morgan fingerprint density at radius 1 is 1.14 bits per heavy atom. The number of Topliss-reactive ketones (excluding diaryl/α,β-unsaturated/α-hetero) is 1. The average molecular weight is 406 g/mol. The minimum Gasteiger partial charge on any atom is -0.453 e. The Hall–Kier alpha value is -3.13. The highest BCUT2D eigenvalue weighted by molar-refractivity contribution is 6.33. The molecule has 0 saturated carbocycles. The third-order valence-electron chi connectivity index (χ3n) is 3.81. The first-order valence-electron chi connectivity index (χ1n) is 8.12.